The number of nitrogens with one attached hydrogen (secondary N) is 1. The summed E-state index contributed by atoms with van der Waals surface area (Å²) >= 11 is 0. The van der Waals surface area contributed by atoms with Crippen LogP contribution in [0.25, 0.3) is 0 Å². The van der Waals surface area contributed by atoms with E-state index in [0.717, 1.165) is 54.6 Å². The Hall–Kier alpha value is -3.54. The molecule has 1 aliphatic heterocycles. The van der Waals surface area contributed by atoms with E-state index in [-0.39, 0.29) is 0 Å². The fourth-order valence-electron chi connectivity index (χ4n) is 3.40. The number of aromatic amines is 1. The van der Waals surface area contributed by atoms with Gasteiger partial charge in [-0.05, 0) is 35.4 Å². The summed E-state index contributed by atoms with van der Waals surface area (Å²) in [4.78, 5) is 5.64. The number of pyridine rings is 1. The van der Waals surface area contributed by atoms with Gasteiger partial charge in [-0.2, -0.15) is 5.10 Å². The molecule has 0 aliphatic carbocycles. The quantitative estimate of drug-likeness (QED) is 0.569. The summed E-state index contributed by atoms with van der Waals surface area (Å²) in [5.74, 6) is 2.59. The summed E-state index contributed by atoms with van der Waals surface area (Å²) in [5, 5.41) is 6.78. The number of methoxy groups -OCH3 is 1. The second-order valence-electron chi connectivity index (χ2n) is 7.12. The van der Waals surface area contributed by atoms with Crippen LogP contribution in [0.15, 0.2) is 78.0 Å². The van der Waals surface area contributed by atoms with Gasteiger partial charge in [0.15, 0.2) is 11.5 Å². The van der Waals surface area contributed by atoms with Crippen molar-refractivity contribution in [2.24, 2.45) is 5.10 Å². The molecule has 4 rings (SSSR count). The van der Waals surface area contributed by atoms with Crippen molar-refractivity contribution in [3.8, 4) is 11.5 Å². The maximum absolute atomic E-state index is 6.00. The number of hydrogen-bond acceptors (Lipinski definition) is 5. The Bertz CT molecular complexity index is 955. The first kappa shape index (κ1) is 19.8. The highest BCUT2D eigenvalue weighted by molar-refractivity contribution is 5.80. The lowest BCUT2D eigenvalue weighted by molar-refractivity contribution is -0.364. The first-order valence-corrected chi connectivity index (χ1v) is 10.2. The molecule has 6 heteroatoms. The van der Waals surface area contributed by atoms with Crippen molar-refractivity contribution in [3.63, 3.8) is 0 Å². The molecule has 0 spiro atoms. The Labute approximate surface area is 177 Å². The van der Waals surface area contributed by atoms with Gasteiger partial charge in [0.25, 0.3) is 5.82 Å². The van der Waals surface area contributed by atoms with E-state index in [0.29, 0.717) is 6.61 Å². The zero-order chi connectivity index (χ0) is 20.6. The van der Waals surface area contributed by atoms with Crippen LogP contribution in [0.4, 0.5) is 5.82 Å². The standard InChI is InChI=1S/C24H26N4O2/c1-29-22-11-10-21(17-23(22)30-19-20-7-3-2-4-8-20)18-26-28-15-13-27(14-16-28)24-9-5-6-12-25-24/h2-12,17-18H,13-16,19H2,1H3/p+1/b26-18-. The van der Waals surface area contributed by atoms with E-state index in [4.69, 9.17) is 9.47 Å². The number of H-pyrrole nitrogens is 1. The third-order valence-corrected chi connectivity index (χ3v) is 5.08. The smallest absolute Gasteiger partial charge is 0.274 e. The topological polar surface area (TPSA) is 51.4 Å². The van der Waals surface area contributed by atoms with E-state index in [9.17, 15) is 0 Å². The SMILES string of the molecule is COc1ccc(/C=N\N2CCN(c3cccc[nH+]3)CC2)cc1OCc1ccccc1. The molecular weight excluding hydrogens is 376 g/mol. The highest BCUT2D eigenvalue weighted by Crippen LogP contribution is 2.28. The zero-order valence-corrected chi connectivity index (χ0v) is 17.2. The van der Waals surface area contributed by atoms with Crippen LogP contribution in [0.1, 0.15) is 11.1 Å². The second kappa shape index (κ2) is 9.78. The van der Waals surface area contributed by atoms with E-state index < -0.39 is 0 Å². The van der Waals surface area contributed by atoms with Gasteiger partial charge in [-0.25, -0.2) is 4.98 Å². The van der Waals surface area contributed by atoms with Gasteiger partial charge in [0.2, 0.25) is 0 Å². The highest BCUT2D eigenvalue weighted by atomic mass is 16.5. The molecule has 2 heterocycles. The Balaban J connectivity index is 1.36. The zero-order valence-electron chi connectivity index (χ0n) is 17.2. The maximum atomic E-state index is 6.00. The molecule has 1 aliphatic rings. The minimum absolute atomic E-state index is 0.496. The Kier molecular flexibility index (Phi) is 6.44. The van der Waals surface area contributed by atoms with Crippen LogP contribution in [0.5, 0.6) is 11.5 Å². The largest absolute Gasteiger partial charge is 0.493 e. The molecule has 0 amide bonds. The number of hydrogen-bond donors (Lipinski definition) is 0. The molecule has 2 aromatic carbocycles. The third kappa shape index (κ3) is 5.08. The molecule has 1 aromatic heterocycles. The van der Waals surface area contributed by atoms with Gasteiger partial charge in [0, 0.05) is 6.07 Å². The molecule has 0 unspecified atom stereocenters. The fourth-order valence-corrected chi connectivity index (χ4v) is 3.40. The van der Waals surface area contributed by atoms with Gasteiger partial charge in [-0.3, -0.25) is 9.91 Å². The molecule has 1 fully saturated rings. The molecule has 30 heavy (non-hydrogen) atoms. The number of benzene rings is 2. The fraction of sp³-hybridized carbons (Fsp3) is 0.250. The molecule has 0 radical (unpaired) electrons. The molecule has 1 N–H and O–H groups in total. The van der Waals surface area contributed by atoms with Crippen molar-refractivity contribution in [2.75, 3.05) is 38.2 Å². The number of hydrazone groups is 1. The summed E-state index contributed by atoms with van der Waals surface area (Å²) in [5.41, 5.74) is 2.10. The first-order valence-electron chi connectivity index (χ1n) is 10.2. The average Bonchev–Trinajstić information content (AvgIpc) is 2.83. The van der Waals surface area contributed by atoms with E-state index in [2.05, 4.69) is 32.1 Å². The van der Waals surface area contributed by atoms with Crippen molar-refractivity contribution < 1.29 is 14.5 Å². The summed E-state index contributed by atoms with van der Waals surface area (Å²) in [6.07, 6.45) is 3.85. The van der Waals surface area contributed by atoms with Gasteiger partial charge in [-0.1, -0.05) is 36.4 Å². The monoisotopic (exact) mass is 403 g/mol. The molecule has 0 bridgehead atoms. The molecule has 154 valence electrons. The number of ether oxygens (including phenoxy) is 2. The minimum Gasteiger partial charge on any atom is -0.493 e. The number of piperazine rings is 1. The Morgan fingerprint density at radius 3 is 2.47 bits per heavy atom. The highest BCUT2D eigenvalue weighted by Gasteiger charge is 2.21. The predicted octanol–water partition coefficient (Wildman–Crippen LogP) is 3.24. The lowest BCUT2D eigenvalue weighted by Crippen LogP contribution is -2.45. The number of rotatable bonds is 7. The number of nitrogens with zero attached hydrogens (tertiary/aromatic N) is 3. The van der Waals surface area contributed by atoms with Crippen molar-refractivity contribution in [2.45, 2.75) is 6.61 Å². The molecule has 1 saturated heterocycles. The van der Waals surface area contributed by atoms with Crippen molar-refractivity contribution in [1.82, 2.24) is 5.01 Å². The van der Waals surface area contributed by atoms with Crippen LogP contribution < -0.4 is 19.4 Å². The van der Waals surface area contributed by atoms with Gasteiger partial charge in [0.1, 0.15) is 19.7 Å². The minimum atomic E-state index is 0.496. The lowest BCUT2D eigenvalue weighted by atomic mass is 10.2. The van der Waals surface area contributed by atoms with E-state index in [1.165, 1.54) is 0 Å². The third-order valence-electron chi connectivity index (χ3n) is 5.08. The maximum Gasteiger partial charge on any atom is 0.274 e. The normalized spacial score (nSPS) is 14.2. The van der Waals surface area contributed by atoms with Gasteiger partial charge in [0.05, 0.1) is 32.6 Å². The lowest BCUT2D eigenvalue weighted by Gasteiger charge is -2.28. The predicted molar refractivity (Wildman–Crippen MR) is 118 cm³/mol. The summed E-state index contributed by atoms with van der Waals surface area (Å²) in [6, 6.07) is 22.1. The average molecular weight is 404 g/mol. The summed E-state index contributed by atoms with van der Waals surface area (Å²) in [7, 11) is 1.65. The summed E-state index contributed by atoms with van der Waals surface area (Å²) < 4.78 is 11.4. The number of anilines is 1. The van der Waals surface area contributed by atoms with Crippen molar-refractivity contribution in [1.29, 1.82) is 0 Å². The van der Waals surface area contributed by atoms with E-state index >= 15 is 0 Å². The van der Waals surface area contributed by atoms with Crippen LogP contribution >= 0.6 is 0 Å². The molecular formula is C24H27N4O2+. The Morgan fingerprint density at radius 2 is 1.73 bits per heavy atom. The van der Waals surface area contributed by atoms with E-state index in [1.807, 2.05) is 67.0 Å². The molecule has 6 nitrogen and oxygen atoms in total. The van der Waals surface area contributed by atoms with Crippen molar-refractivity contribution in [3.05, 3.63) is 84.1 Å². The van der Waals surface area contributed by atoms with Gasteiger partial charge < -0.3 is 9.47 Å². The van der Waals surface area contributed by atoms with Crippen LogP contribution in [0.3, 0.4) is 0 Å². The van der Waals surface area contributed by atoms with Gasteiger partial charge >= 0.3 is 0 Å². The van der Waals surface area contributed by atoms with Gasteiger partial charge in [-0.15, -0.1) is 0 Å². The molecule has 0 atom stereocenters. The van der Waals surface area contributed by atoms with Crippen molar-refractivity contribution >= 4 is 12.0 Å². The first-order chi connectivity index (χ1) is 14.8. The second-order valence-corrected chi connectivity index (χ2v) is 7.12. The molecule has 3 aromatic rings. The van der Waals surface area contributed by atoms with Crippen LogP contribution in [0.2, 0.25) is 0 Å². The van der Waals surface area contributed by atoms with Crippen LogP contribution in [-0.4, -0.2) is 44.5 Å². The Morgan fingerprint density at radius 1 is 0.933 bits per heavy atom. The molecule has 0 saturated carbocycles. The van der Waals surface area contributed by atoms with E-state index in [1.54, 1.807) is 7.11 Å². The van der Waals surface area contributed by atoms with Crippen LogP contribution in [-0.2, 0) is 6.61 Å². The van der Waals surface area contributed by atoms with Crippen LogP contribution in [0, 0.1) is 0 Å². The summed E-state index contributed by atoms with van der Waals surface area (Å²) in [6.45, 7) is 4.13. The number of aromatic nitrogens is 1.